The Bertz CT molecular complexity index is 772. The number of anilines is 1. The molecule has 0 saturated carbocycles. The van der Waals surface area contributed by atoms with Crippen LogP contribution in [0.1, 0.15) is 31.7 Å². The van der Waals surface area contributed by atoms with Gasteiger partial charge in [-0.1, -0.05) is 18.2 Å². The van der Waals surface area contributed by atoms with E-state index in [1.165, 1.54) is 18.2 Å². The summed E-state index contributed by atoms with van der Waals surface area (Å²) in [6.45, 7) is 1.66. The second kappa shape index (κ2) is 7.47. The Morgan fingerprint density at radius 2 is 2.00 bits per heavy atom. The van der Waals surface area contributed by atoms with Gasteiger partial charge in [-0.25, -0.2) is 13.2 Å². The largest absolute Gasteiger partial charge is 0.463 e. The summed E-state index contributed by atoms with van der Waals surface area (Å²) in [5, 5.41) is -1.25. The molecule has 1 aliphatic carbocycles. The first-order valence-electron chi connectivity index (χ1n) is 7.72. The fourth-order valence-electron chi connectivity index (χ4n) is 2.64. The van der Waals surface area contributed by atoms with Crippen LogP contribution in [0.5, 0.6) is 0 Å². The van der Waals surface area contributed by atoms with Crippen LogP contribution in [0.15, 0.2) is 35.9 Å². The first kappa shape index (κ1) is 19.3. The van der Waals surface area contributed by atoms with Crippen molar-refractivity contribution in [3.8, 4) is 0 Å². The molecule has 9 heteroatoms. The van der Waals surface area contributed by atoms with E-state index >= 15 is 0 Å². The van der Waals surface area contributed by atoms with E-state index in [4.69, 9.17) is 4.74 Å². The molecule has 1 aromatic carbocycles. The minimum absolute atomic E-state index is 0.0370. The second-order valence-electron chi connectivity index (χ2n) is 5.49. The molecular formula is C16H18F3NO4S. The van der Waals surface area contributed by atoms with E-state index in [1.807, 2.05) is 4.72 Å². The molecule has 0 aliphatic heterocycles. The van der Waals surface area contributed by atoms with Crippen LogP contribution in [-0.2, 0) is 25.7 Å². The molecule has 0 spiro atoms. The van der Waals surface area contributed by atoms with E-state index in [-0.39, 0.29) is 18.6 Å². The Morgan fingerprint density at radius 3 is 2.64 bits per heavy atom. The molecule has 1 aromatic rings. The first-order valence-corrected chi connectivity index (χ1v) is 9.26. The number of carbonyl (C=O) groups excluding carboxylic acids is 1. The number of para-hydroxylation sites is 1. The SMILES string of the molecule is CCOC(=O)C1=CCCCC1S(=O)(=O)Nc1ccccc1C(F)(F)F. The van der Waals surface area contributed by atoms with Gasteiger partial charge in [-0.05, 0) is 38.3 Å². The third-order valence-corrected chi connectivity index (χ3v) is 5.50. The van der Waals surface area contributed by atoms with Crippen molar-refractivity contribution in [1.29, 1.82) is 0 Å². The van der Waals surface area contributed by atoms with E-state index in [9.17, 15) is 26.4 Å². The maximum atomic E-state index is 13.1. The Balaban J connectivity index is 2.35. The van der Waals surface area contributed by atoms with Gasteiger partial charge in [0.1, 0.15) is 5.25 Å². The van der Waals surface area contributed by atoms with Gasteiger partial charge < -0.3 is 4.74 Å². The highest BCUT2D eigenvalue weighted by Gasteiger charge is 2.38. The minimum atomic E-state index is -4.70. The predicted molar refractivity (Wildman–Crippen MR) is 86.3 cm³/mol. The molecule has 0 heterocycles. The number of esters is 1. The number of hydrogen-bond donors (Lipinski definition) is 1. The highest BCUT2D eigenvalue weighted by Crippen LogP contribution is 2.36. The molecule has 1 unspecified atom stereocenters. The number of hydrogen-bond acceptors (Lipinski definition) is 4. The molecular weight excluding hydrogens is 359 g/mol. The lowest BCUT2D eigenvalue weighted by molar-refractivity contribution is -0.139. The molecule has 25 heavy (non-hydrogen) atoms. The number of carbonyl (C=O) groups is 1. The highest BCUT2D eigenvalue weighted by molar-refractivity contribution is 7.93. The van der Waals surface area contributed by atoms with Gasteiger partial charge in [0.15, 0.2) is 0 Å². The molecule has 1 aliphatic rings. The van der Waals surface area contributed by atoms with Crippen molar-refractivity contribution in [2.75, 3.05) is 11.3 Å². The summed E-state index contributed by atoms with van der Waals surface area (Å²) >= 11 is 0. The maximum absolute atomic E-state index is 13.1. The molecule has 5 nitrogen and oxygen atoms in total. The second-order valence-corrected chi connectivity index (χ2v) is 7.35. The molecule has 0 amide bonds. The smallest absolute Gasteiger partial charge is 0.418 e. The number of nitrogens with one attached hydrogen (secondary N) is 1. The van der Waals surface area contributed by atoms with E-state index in [1.54, 1.807) is 6.92 Å². The van der Waals surface area contributed by atoms with Gasteiger partial charge in [0.25, 0.3) is 0 Å². The predicted octanol–water partition coefficient (Wildman–Crippen LogP) is 3.49. The van der Waals surface area contributed by atoms with E-state index in [0.29, 0.717) is 12.8 Å². The monoisotopic (exact) mass is 377 g/mol. The van der Waals surface area contributed by atoms with Crippen molar-refractivity contribution in [2.45, 2.75) is 37.6 Å². The number of ether oxygens (including phenoxy) is 1. The molecule has 1 N–H and O–H groups in total. The van der Waals surface area contributed by atoms with Crippen molar-refractivity contribution in [1.82, 2.24) is 0 Å². The molecule has 1 atom stereocenters. The van der Waals surface area contributed by atoms with Crippen LogP contribution in [0.4, 0.5) is 18.9 Å². The van der Waals surface area contributed by atoms with Crippen LogP contribution in [-0.4, -0.2) is 26.2 Å². The summed E-state index contributed by atoms with van der Waals surface area (Å²) in [6.07, 6.45) is -2.07. The average Bonchev–Trinajstić information content (AvgIpc) is 2.54. The summed E-state index contributed by atoms with van der Waals surface area (Å²) in [5.74, 6) is -0.762. The van der Waals surface area contributed by atoms with Gasteiger partial charge in [0.05, 0.1) is 23.4 Å². The maximum Gasteiger partial charge on any atom is 0.418 e. The van der Waals surface area contributed by atoms with Gasteiger partial charge in [0.2, 0.25) is 10.0 Å². The van der Waals surface area contributed by atoms with Gasteiger partial charge in [-0.2, -0.15) is 13.2 Å². The standard InChI is InChI=1S/C16H18F3NO4S/c1-2-24-15(21)11-7-3-6-10-14(11)25(22,23)20-13-9-5-4-8-12(13)16(17,18)19/h4-5,7-9,14,20H,2-3,6,10H2,1H3. The number of sulfonamides is 1. The third kappa shape index (κ3) is 4.53. The van der Waals surface area contributed by atoms with Gasteiger partial charge >= 0.3 is 12.1 Å². The summed E-state index contributed by atoms with van der Waals surface area (Å²) in [6, 6.07) is 4.30. The molecule has 138 valence electrons. The van der Waals surface area contributed by atoms with Crippen molar-refractivity contribution in [3.63, 3.8) is 0 Å². The highest BCUT2D eigenvalue weighted by atomic mass is 32.2. The number of halogens is 3. The normalized spacial score (nSPS) is 18.4. The van der Waals surface area contributed by atoms with Gasteiger partial charge in [-0.3, -0.25) is 4.72 Å². The zero-order valence-corrected chi connectivity index (χ0v) is 14.3. The fourth-order valence-corrected chi connectivity index (χ4v) is 4.27. The Morgan fingerprint density at radius 1 is 1.32 bits per heavy atom. The minimum Gasteiger partial charge on any atom is -0.463 e. The Labute approximate surface area is 143 Å². The summed E-state index contributed by atoms with van der Waals surface area (Å²) in [4.78, 5) is 12.0. The lowest BCUT2D eigenvalue weighted by atomic mass is 9.99. The van der Waals surface area contributed by atoms with E-state index < -0.39 is 38.7 Å². The Hall–Kier alpha value is -2.03. The first-order chi connectivity index (χ1) is 11.7. The number of allylic oxidation sites excluding steroid dienone is 1. The third-order valence-electron chi connectivity index (χ3n) is 3.75. The topological polar surface area (TPSA) is 72.5 Å². The molecule has 0 bridgehead atoms. The quantitative estimate of drug-likeness (QED) is 0.798. The van der Waals surface area contributed by atoms with Crippen LogP contribution in [0.25, 0.3) is 0 Å². The van der Waals surface area contributed by atoms with Crippen LogP contribution in [0, 0.1) is 0 Å². The number of benzene rings is 1. The average molecular weight is 377 g/mol. The fraction of sp³-hybridized carbons (Fsp3) is 0.438. The zero-order chi connectivity index (χ0) is 18.7. The van der Waals surface area contributed by atoms with Crippen molar-refractivity contribution >= 4 is 21.7 Å². The van der Waals surface area contributed by atoms with Crippen molar-refractivity contribution in [2.24, 2.45) is 0 Å². The van der Waals surface area contributed by atoms with Crippen LogP contribution >= 0.6 is 0 Å². The van der Waals surface area contributed by atoms with E-state index in [0.717, 1.165) is 12.1 Å². The molecule has 2 rings (SSSR count). The Kier molecular flexibility index (Phi) is 5.76. The van der Waals surface area contributed by atoms with Crippen molar-refractivity contribution in [3.05, 3.63) is 41.5 Å². The lowest BCUT2D eigenvalue weighted by Crippen LogP contribution is -2.35. The summed E-state index contributed by atoms with van der Waals surface area (Å²) in [5.41, 5.74) is -1.69. The summed E-state index contributed by atoms with van der Waals surface area (Å²) < 4.78 is 71.3. The summed E-state index contributed by atoms with van der Waals surface area (Å²) in [7, 11) is -4.25. The zero-order valence-electron chi connectivity index (χ0n) is 13.5. The van der Waals surface area contributed by atoms with Crippen LogP contribution in [0.3, 0.4) is 0 Å². The lowest BCUT2D eigenvalue weighted by Gasteiger charge is -2.24. The van der Waals surface area contributed by atoms with Gasteiger partial charge in [-0.15, -0.1) is 0 Å². The molecule has 0 saturated heterocycles. The molecule has 0 radical (unpaired) electrons. The van der Waals surface area contributed by atoms with Gasteiger partial charge in [0, 0.05) is 0 Å². The van der Waals surface area contributed by atoms with Crippen LogP contribution in [0.2, 0.25) is 0 Å². The number of alkyl halides is 3. The van der Waals surface area contributed by atoms with Crippen molar-refractivity contribution < 1.29 is 31.1 Å². The van der Waals surface area contributed by atoms with Crippen LogP contribution < -0.4 is 4.72 Å². The van der Waals surface area contributed by atoms with E-state index in [2.05, 4.69) is 0 Å². The molecule has 0 fully saturated rings. The molecule has 0 aromatic heterocycles. The number of rotatable bonds is 5.